The molecule has 1 amide bonds. The number of anilines is 2. The van der Waals surface area contributed by atoms with Gasteiger partial charge < -0.3 is 15.4 Å². The minimum atomic E-state index is -0.124. The number of fused-ring (bicyclic) bond motifs is 1. The number of benzene rings is 1. The number of carbonyl (C=O) groups excluding carboxylic acids is 1. The molecule has 3 rings (SSSR count). The fourth-order valence-electron chi connectivity index (χ4n) is 2.30. The Morgan fingerprint density at radius 1 is 1.33 bits per heavy atom. The van der Waals surface area contributed by atoms with Crippen LogP contribution in [0.3, 0.4) is 0 Å². The van der Waals surface area contributed by atoms with E-state index in [-0.39, 0.29) is 18.6 Å². The van der Waals surface area contributed by atoms with Crippen LogP contribution in [0.15, 0.2) is 36.4 Å². The van der Waals surface area contributed by atoms with Crippen molar-refractivity contribution in [3.8, 4) is 5.75 Å². The lowest BCUT2D eigenvalue weighted by Crippen LogP contribution is -2.25. The number of nitrogens with one attached hydrogen (secondary N) is 2. The van der Waals surface area contributed by atoms with Crippen LogP contribution in [0.1, 0.15) is 24.2 Å². The van der Waals surface area contributed by atoms with Crippen molar-refractivity contribution in [2.45, 2.75) is 19.9 Å². The fraction of sp³-hybridized carbons (Fsp3) is 0.250. The molecule has 0 spiro atoms. The third kappa shape index (κ3) is 2.97. The van der Waals surface area contributed by atoms with Crippen molar-refractivity contribution in [1.29, 1.82) is 0 Å². The third-order valence-electron chi connectivity index (χ3n) is 3.39. The average molecular weight is 283 g/mol. The van der Waals surface area contributed by atoms with E-state index in [2.05, 4.69) is 22.5 Å². The second kappa shape index (κ2) is 5.44. The van der Waals surface area contributed by atoms with Crippen LogP contribution in [-0.2, 0) is 4.79 Å². The Kier molecular flexibility index (Phi) is 3.48. The Bertz CT molecular complexity index is 685. The number of aromatic nitrogens is 1. The monoisotopic (exact) mass is 283 g/mol. The summed E-state index contributed by atoms with van der Waals surface area (Å²) in [5.74, 6) is 1.42. The molecule has 5 nitrogen and oxygen atoms in total. The molecule has 0 aliphatic carbocycles. The maximum absolute atomic E-state index is 11.4. The zero-order chi connectivity index (χ0) is 14.8. The van der Waals surface area contributed by atoms with Crippen LogP contribution >= 0.6 is 0 Å². The number of ether oxygens (including phenoxy) is 1. The van der Waals surface area contributed by atoms with Gasteiger partial charge in [-0.25, -0.2) is 4.98 Å². The van der Waals surface area contributed by atoms with Crippen molar-refractivity contribution in [3.63, 3.8) is 0 Å². The van der Waals surface area contributed by atoms with E-state index < -0.39 is 0 Å². The number of pyridine rings is 1. The van der Waals surface area contributed by atoms with E-state index in [1.807, 2.05) is 43.3 Å². The van der Waals surface area contributed by atoms with Gasteiger partial charge >= 0.3 is 0 Å². The van der Waals surface area contributed by atoms with Crippen molar-refractivity contribution in [2.24, 2.45) is 0 Å². The van der Waals surface area contributed by atoms with E-state index in [0.717, 1.165) is 22.8 Å². The molecule has 2 heterocycles. The lowest BCUT2D eigenvalue weighted by atomic mass is 10.1. The Morgan fingerprint density at radius 2 is 2.19 bits per heavy atom. The number of carbonyl (C=O) groups is 1. The molecule has 1 aliphatic heterocycles. The highest BCUT2D eigenvalue weighted by Crippen LogP contribution is 2.31. The highest BCUT2D eigenvalue weighted by molar-refractivity contribution is 5.95. The predicted octanol–water partition coefficient (Wildman–Crippen LogP) is 2.89. The van der Waals surface area contributed by atoms with Crippen LogP contribution < -0.4 is 15.4 Å². The largest absolute Gasteiger partial charge is 0.482 e. The summed E-state index contributed by atoms with van der Waals surface area (Å²) < 4.78 is 5.36. The van der Waals surface area contributed by atoms with E-state index in [4.69, 9.17) is 4.74 Å². The first-order valence-corrected chi connectivity index (χ1v) is 6.88. The molecule has 1 aromatic carbocycles. The van der Waals surface area contributed by atoms with Crippen molar-refractivity contribution in [3.05, 3.63) is 47.7 Å². The number of nitrogens with zero attached hydrogens (tertiary/aromatic N) is 1. The third-order valence-corrected chi connectivity index (χ3v) is 3.39. The maximum atomic E-state index is 11.4. The number of hydrogen-bond acceptors (Lipinski definition) is 4. The molecule has 21 heavy (non-hydrogen) atoms. The first kappa shape index (κ1) is 13.4. The van der Waals surface area contributed by atoms with Gasteiger partial charge in [-0.2, -0.15) is 0 Å². The van der Waals surface area contributed by atoms with Crippen molar-refractivity contribution in [1.82, 2.24) is 4.98 Å². The standard InChI is InChI=1S/C16H17N3O2/c1-10-4-3-5-15(17-10)18-11(2)12-6-7-14-13(8-12)19-16(20)9-21-14/h3-8,11H,9H2,1-2H3,(H,17,18)(H,19,20). The quantitative estimate of drug-likeness (QED) is 0.909. The number of rotatable bonds is 3. The SMILES string of the molecule is Cc1cccc(NC(C)c2ccc3c(c2)NC(=O)CO3)n1. The highest BCUT2D eigenvalue weighted by atomic mass is 16.5. The van der Waals surface area contributed by atoms with Gasteiger partial charge in [0.1, 0.15) is 11.6 Å². The molecule has 1 unspecified atom stereocenters. The predicted molar refractivity (Wildman–Crippen MR) is 81.6 cm³/mol. The van der Waals surface area contributed by atoms with Gasteiger partial charge in [0.2, 0.25) is 0 Å². The van der Waals surface area contributed by atoms with Gasteiger partial charge in [-0.1, -0.05) is 12.1 Å². The van der Waals surface area contributed by atoms with Crippen LogP contribution in [0, 0.1) is 6.92 Å². The molecule has 0 saturated carbocycles. The molecule has 0 radical (unpaired) electrons. The molecule has 108 valence electrons. The zero-order valence-electron chi connectivity index (χ0n) is 12.0. The van der Waals surface area contributed by atoms with Gasteiger partial charge in [-0.15, -0.1) is 0 Å². The Balaban J connectivity index is 1.80. The van der Waals surface area contributed by atoms with Gasteiger partial charge in [-0.05, 0) is 43.7 Å². The van der Waals surface area contributed by atoms with Crippen molar-refractivity contribution < 1.29 is 9.53 Å². The van der Waals surface area contributed by atoms with Gasteiger partial charge in [0, 0.05) is 5.69 Å². The normalized spacial score (nSPS) is 14.7. The highest BCUT2D eigenvalue weighted by Gasteiger charge is 2.17. The first-order chi connectivity index (χ1) is 10.1. The molecule has 0 bridgehead atoms. The van der Waals surface area contributed by atoms with Crippen molar-refractivity contribution in [2.75, 3.05) is 17.2 Å². The maximum Gasteiger partial charge on any atom is 0.262 e. The van der Waals surface area contributed by atoms with E-state index in [9.17, 15) is 4.79 Å². The summed E-state index contributed by atoms with van der Waals surface area (Å²) in [5, 5.41) is 6.17. The molecule has 5 heteroatoms. The van der Waals surface area contributed by atoms with Crippen LogP contribution in [0.2, 0.25) is 0 Å². The fourth-order valence-corrected chi connectivity index (χ4v) is 2.30. The van der Waals surface area contributed by atoms with E-state index in [1.165, 1.54) is 0 Å². The van der Waals surface area contributed by atoms with Crippen LogP contribution in [-0.4, -0.2) is 17.5 Å². The van der Waals surface area contributed by atoms with Crippen LogP contribution in [0.4, 0.5) is 11.5 Å². The summed E-state index contributed by atoms with van der Waals surface area (Å²) >= 11 is 0. The average Bonchev–Trinajstić information content (AvgIpc) is 2.46. The summed E-state index contributed by atoms with van der Waals surface area (Å²) in [7, 11) is 0. The van der Waals surface area contributed by atoms with Gasteiger partial charge in [-0.3, -0.25) is 4.79 Å². The van der Waals surface area contributed by atoms with E-state index in [1.54, 1.807) is 0 Å². The molecule has 0 saturated heterocycles. The molecule has 1 atom stereocenters. The van der Waals surface area contributed by atoms with Gasteiger partial charge in [0.15, 0.2) is 6.61 Å². The lowest BCUT2D eigenvalue weighted by Gasteiger charge is -2.21. The van der Waals surface area contributed by atoms with Crippen molar-refractivity contribution >= 4 is 17.4 Å². The molecule has 2 N–H and O–H groups in total. The van der Waals surface area contributed by atoms with E-state index >= 15 is 0 Å². The minimum Gasteiger partial charge on any atom is -0.482 e. The Morgan fingerprint density at radius 3 is 3.00 bits per heavy atom. The second-order valence-corrected chi connectivity index (χ2v) is 5.12. The van der Waals surface area contributed by atoms with Gasteiger partial charge in [0.05, 0.1) is 11.7 Å². The van der Waals surface area contributed by atoms with E-state index in [0.29, 0.717) is 5.75 Å². The smallest absolute Gasteiger partial charge is 0.262 e. The minimum absolute atomic E-state index is 0.0726. The summed E-state index contributed by atoms with van der Waals surface area (Å²) in [4.78, 5) is 15.8. The first-order valence-electron chi connectivity index (χ1n) is 6.88. The molecule has 1 aliphatic rings. The summed E-state index contributed by atoms with van der Waals surface area (Å²) in [6.07, 6.45) is 0. The summed E-state index contributed by atoms with van der Waals surface area (Å²) in [6.45, 7) is 4.09. The second-order valence-electron chi connectivity index (χ2n) is 5.12. The number of hydrogen-bond donors (Lipinski definition) is 2. The Hall–Kier alpha value is -2.56. The number of aryl methyl sites for hydroxylation is 1. The van der Waals surface area contributed by atoms with Crippen LogP contribution in [0.5, 0.6) is 5.75 Å². The molecule has 2 aromatic rings. The Labute approximate surface area is 123 Å². The number of amides is 1. The summed E-state index contributed by atoms with van der Waals surface area (Å²) in [6, 6.07) is 11.7. The topological polar surface area (TPSA) is 63.2 Å². The molecule has 1 aromatic heterocycles. The van der Waals surface area contributed by atoms with Crippen LogP contribution in [0.25, 0.3) is 0 Å². The molecular formula is C16H17N3O2. The molecular weight excluding hydrogens is 266 g/mol. The lowest BCUT2D eigenvalue weighted by molar-refractivity contribution is -0.118. The van der Waals surface area contributed by atoms with Gasteiger partial charge in [0.25, 0.3) is 5.91 Å². The molecule has 0 fully saturated rings. The summed E-state index contributed by atoms with van der Waals surface area (Å²) in [5.41, 5.74) is 2.75. The zero-order valence-corrected chi connectivity index (χ0v) is 12.0.